The minimum absolute atomic E-state index is 0.00217. The zero-order chi connectivity index (χ0) is 16.1. The van der Waals surface area contributed by atoms with Crippen LogP contribution in [0.25, 0.3) is 6.08 Å². The summed E-state index contributed by atoms with van der Waals surface area (Å²) in [5.41, 5.74) is 2.71. The number of nitrogens with two attached hydrogens (primary N) is 1. The summed E-state index contributed by atoms with van der Waals surface area (Å²) in [6.45, 7) is 0. The van der Waals surface area contributed by atoms with Gasteiger partial charge in [0.15, 0.2) is 10.4 Å². The fourth-order valence-electron chi connectivity index (χ4n) is 1.58. The maximum Gasteiger partial charge on any atom is 0.291 e. The van der Waals surface area contributed by atoms with Crippen LogP contribution < -0.4 is 16.6 Å². The lowest BCUT2D eigenvalue weighted by atomic mass is 10.2. The van der Waals surface area contributed by atoms with Crippen LogP contribution in [0.5, 0.6) is 0 Å². The van der Waals surface area contributed by atoms with Crippen LogP contribution in [0.15, 0.2) is 55.7 Å². The Kier molecular flexibility index (Phi) is 5.53. The third-order valence-electron chi connectivity index (χ3n) is 2.60. The van der Waals surface area contributed by atoms with E-state index in [0.717, 1.165) is 10.0 Å². The van der Waals surface area contributed by atoms with E-state index in [1.165, 1.54) is 12.1 Å². The lowest BCUT2D eigenvalue weighted by Gasteiger charge is -2.07. The van der Waals surface area contributed by atoms with Crippen LogP contribution in [-0.4, -0.2) is 11.8 Å². The van der Waals surface area contributed by atoms with Gasteiger partial charge in [0.25, 0.3) is 11.8 Å². The molecule has 0 aliphatic heterocycles. The summed E-state index contributed by atoms with van der Waals surface area (Å²) < 4.78 is 6.45. The standard InChI is InChI=1S/C14H11Br2N3O3/c15-9-3-1-8(2-4-9)7-10(13(20)19-17)18-14(21)11-5-6-12(16)22-11/h1-7H,17H2,(H,18,21)(H,19,20). The highest BCUT2D eigenvalue weighted by atomic mass is 79.9. The molecule has 2 rings (SSSR count). The average Bonchev–Trinajstić information content (AvgIpc) is 2.94. The van der Waals surface area contributed by atoms with Crippen molar-refractivity contribution >= 4 is 49.8 Å². The van der Waals surface area contributed by atoms with Gasteiger partial charge in [0.2, 0.25) is 0 Å². The van der Waals surface area contributed by atoms with E-state index in [4.69, 9.17) is 10.3 Å². The molecule has 0 aliphatic rings. The van der Waals surface area contributed by atoms with E-state index in [1.807, 2.05) is 17.6 Å². The highest BCUT2D eigenvalue weighted by Gasteiger charge is 2.16. The van der Waals surface area contributed by atoms with E-state index in [-0.39, 0.29) is 11.5 Å². The molecule has 114 valence electrons. The maximum atomic E-state index is 12.0. The van der Waals surface area contributed by atoms with Crippen molar-refractivity contribution in [3.63, 3.8) is 0 Å². The quantitative estimate of drug-likeness (QED) is 0.301. The Labute approximate surface area is 143 Å². The molecule has 0 radical (unpaired) electrons. The number of hydrogen-bond donors (Lipinski definition) is 3. The molecule has 0 saturated heterocycles. The molecule has 1 aromatic heterocycles. The molecule has 0 aliphatic carbocycles. The lowest BCUT2D eigenvalue weighted by Crippen LogP contribution is -2.38. The van der Waals surface area contributed by atoms with Crippen molar-refractivity contribution in [2.24, 2.45) is 5.84 Å². The predicted octanol–water partition coefficient (Wildman–Crippen LogP) is 2.57. The Morgan fingerprint density at radius 2 is 1.77 bits per heavy atom. The third kappa shape index (κ3) is 4.30. The first kappa shape index (κ1) is 16.5. The summed E-state index contributed by atoms with van der Waals surface area (Å²) in [4.78, 5) is 23.8. The van der Waals surface area contributed by atoms with E-state index in [0.29, 0.717) is 4.67 Å². The molecule has 0 spiro atoms. The molecule has 0 bridgehead atoms. The number of hydrazine groups is 1. The monoisotopic (exact) mass is 427 g/mol. The second-order valence-electron chi connectivity index (χ2n) is 4.14. The molecular weight excluding hydrogens is 418 g/mol. The zero-order valence-corrected chi connectivity index (χ0v) is 14.3. The number of hydrogen-bond acceptors (Lipinski definition) is 4. The number of rotatable bonds is 4. The summed E-state index contributed by atoms with van der Waals surface area (Å²) in [5.74, 6) is 4.03. The van der Waals surface area contributed by atoms with Crippen LogP contribution in [0.2, 0.25) is 0 Å². The predicted molar refractivity (Wildman–Crippen MR) is 88.3 cm³/mol. The summed E-state index contributed by atoms with van der Waals surface area (Å²) >= 11 is 6.43. The second kappa shape index (κ2) is 7.39. The van der Waals surface area contributed by atoms with Gasteiger partial charge in [0.05, 0.1) is 0 Å². The van der Waals surface area contributed by atoms with Crippen LogP contribution in [0.3, 0.4) is 0 Å². The Balaban J connectivity index is 2.24. The summed E-state index contributed by atoms with van der Waals surface area (Å²) in [5, 5.41) is 2.46. The van der Waals surface area contributed by atoms with Crippen LogP contribution in [-0.2, 0) is 4.79 Å². The van der Waals surface area contributed by atoms with Crippen LogP contribution in [0.4, 0.5) is 0 Å². The number of halogens is 2. The molecule has 2 amide bonds. The van der Waals surface area contributed by atoms with Gasteiger partial charge in [0, 0.05) is 4.47 Å². The Bertz CT molecular complexity index is 723. The van der Waals surface area contributed by atoms with Gasteiger partial charge in [-0.25, -0.2) is 5.84 Å². The van der Waals surface area contributed by atoms with Crippen LogP contribution in [0.1, 0.15) is 16.1 Å². The molecule has 0 saturated carbocycles. The largest absolute Gasteiger partial charge is 0.444 e. The van der Waals surface area contributed by atoms with E-state index in [2.05, 4.69) is 37.2 Å². The number of benzene rings is 1. The van der Waals surface area contributed by atoms with Gasteiger partial charge < -0.3 is 9.73 Å². The third-order valence-corrected chi connectivity index (χ3v) is 3.56. The Hall–Kier alpha value is -1.90. The number of carbonyl (C=O) groups excluding carboxylic acids is 2. The minimum Gasteiger partial charge on any atom is -0.444 e. The molecule has 4 N–H and O–H groups in total. The van der Waals surface area contributed by atoms with Gasteiger partial charge in [-0.2, -0.15) is 0 Å². The van der Waals surface area contributed by atoms with Crippen molar-refractivity contribution in [1.29, 1.82) is 0 Å². The Morgan fingerprint density at radius 1 is 1.09 bits per heavy atom. The second-order valence-corrected chi connectivity index (χ2v) is 5.84. The van der Waals surface area contributed by atoms with Crippen molar-refractivity contribution in [2.75, 3.05) is 0 Å². The number of carbonyl (C=O) groups is 2. The molecule has 22 heavy (non-hydrogen) atoms. The molecule has 6 nitrogen and oxygen atoms in total. The normalized spacial score (nSPS) is 11.1. The molecule has 0 atom stereocenters. The van der Waals surface area contributed by atoms with Gasteiger partial charge in [-0.3, -0.25) is 15.0 Å². The van der Waals surface area contributed by atoms with Crippen molar-refractivity contribution in [2.45, 2.75) is 0 Å². The first-order valence-corrected chi connectivity index (χ1v) is 7.63. The van der Waals surface area contributed by atoms with Crippen LogP contribution in [0, 0.1) is 0 Å². The average molecular weight is 429 g/mol. The molecule has 8 heteroatoms. The van der Waals surface area contributed by atoms with Gasteiger partial charge in [-0.15, -0.1) is 0 Å². The Morgan fingerprint density at radius 3 is 2.32 bits per heavy atom. The fraction of sp³-hybridized carbons (Fsp3) is 0. The number of furan rings is 1. The maximum absolute atomic E-state index is 12.0. The number of nitrogens with one attached hydrogen (secondary N) is 2. The fourth-order valence-corrected chi connectivity index (χ4v) is 2.15. The SMILES string of the molecule is NNC(=O)C(=Cc1ccc(Br)cc1)NC(=O)c1ccc(Br)o1. The van der Waals surface area contributed by atoms with Crippen molar-refractivity contribution in [3.8, 4) is 0 Å². The van der Waals surface area contributed by atoms with Crippen LogP contribution >= 0.6 is 31.9 Å². The minimum atomic E-state index is -0.623. The van der Waals surface area contributed by atoms with Crippen molar-refractivity contribution in [1.82, 2.24) is 10.7 Å². The van der Waals surface area contributed by atoms with Crippen molar-refractivity contribution in [3.05, 3.63) is 62.6 Å². The number of amides is 2. The highest BCUT2D eigenvalue weighted by molar-refractivity contribution is 9.10. The smallest absolute Gasteiger partial charge is 0.291 e. The van der Waals surface area contributed by atoms with Gasteiger partial charge >= 0.3 is 0 Å². The van der Waals surface area contributed by atoms with E-state index >= 15 is 0 Å². The van der Waals surface area contributed by atoms with Gasteiger partial charge in [0.1, 0.15) is 5.70 Å². The lowest BCUT2D eigenvalue weighted by molar-refractivity contribution is -0.117. The topological polar surface area (TPSA) is 97.4 Å². The van der Waals surface area contributed by atoms with Gasteiger partial charge in [-0.1, -0.05) is 28.1 Å². The first-order valence-electron chi connectivity index (χ1n) is 6.04. The highest BCUT2D eigenvalue weighted by Crippen LogP contribution is 2.15. The molecule has 0 fully saturated rings. The summed E-state index contributed by atoms with van der Waals surface area (Å²) in [6, 6.07) is 10.3. The molecule has 2 aromatic rings. The van der Waals surface area contributed by atoms with Gasteiger partial charge in [-0.05, 0) is 51.8 Å². The zero-order valence-electron chi connectivity index (χ0n) is 11.1. The molecule has 1 aromatic carbocycles. The van der Waals surface area contributed by atoms with E-state index in [1.54, 1.807) is 18.2 Å². The first-order chi connectivity index (χ1) is 10.5. The summed E-state index contributed by atoms with van der Waals surface area (Å²) in [7, 11) is 0. The molecular formula is C14H11Br2N3O3. The van der Waals surface area contributed by atoms with E-state index < -0.39 is 11.8 Å². The molecule has 0 unspecified atom stereocenters. The van der Waals surface area contributed by atoms with Crippen molar-refractivity contribution < 1.29 is 14.0 Å². The molecule has 1 heterocycles. The van der Waals surface area contributed by atoms with E-state index in [9.17, 15) is 9.59 Å². The summed E-state index contributed by atoms with van der Waals surface area (Å²) in [6.07, 6.45) is 1.50.